The molecule has 2 rings (SSSR count). The first kappa shape index (κ1) is 14.5. The van der Waals surface area contributed by atoms with Crippen LogP contribution in [0.2, 0.25) is 0 Å². The fourth-order valence-corrected chi connectivity index (χ4v) is 1.94. The first-order valence-corrected chi connectivity index (χ1v) is 5.60. The molecule has 0 atom stereocenters. The standard InChI is InChI=1S/C13H8BF5O/c14-9-4-2-1-3-8(9)7-5-10(15)12(11(16)6-7)13(17,18)20-19/h1-6H,14H2. The molecule has 0 aliphatic rings. The van der Waals surface area contributed by atoms with E-state index in [0.29, 0.717) is 23.2 Å². The lowest BCUT2D eigenvalue weighted by Gasteiger charge is -2.14. The van der Waals surface area contributed by atoms with Crippen LogP contribution in [-0.4, -0.2) is 7.85 Å². The Balaban J connectivity index is 2.60. The predicted octanol–water partition coefficient (Wildman–Crippen LogP) is 2.84. The van der Waals surface area contributed by atoms with Crippen LogP contribution >= 0.6 is 0 Å². The molecule has 104 valence electrons. The summed E-state index contributed by atoms with van der Waals surface area (Å²) in [7, 11) is 1.71. The minimum Gasteiger partial charge on any atom is -0.206 e. The summed E-state index contributed by atoms with van der Waals surface area (Å²) in [6.45, 7) is 0. The molecule has 0 radical (unpaired) electrons. The van der Waals surface area contributed by atoms with Crippen molar-refractivity contribution in [2.45, 2.75) is 6.11 Å². The molecule has 0 saturated heterocycles. The van der Waals surface area contributed by atoms with Crippen molar-refractivity contribution >= 4 is 13.3 Å². The fourth-order valence-electron chi connectivity index (χ4n) is 1.94. The van der Waals surface area contributed by atoms with Crippen molar-refractivity contribution in [2.24, 2.45) is 0 Å². The molecular weight excluding hydrogens is 278 g/mol. The zero-order valence-electron chi connectivity index (χ0n) is 10.3. The molecule has 1 nitrogen and oxygen atoms in total. The van der Waals surface area contributed by atoms with Crippen LogP contribution in [0.15, 0.2) is 36.4 Å². The highest BCUT2D eigenvalue weighted by atomic mass is 19.4. The number of halogens is 5. The largest absolute Gasteiger partial charge is 0.418 e. The molecule has 2 aromatic rings. The van der Waals surface area contributed by atoms with Gasteiger partial charge in [0.05, 0.1) is 0 Å². The van der Waals surface area contributed by atoms with Crippen LogP contribution in [-0.2, 0) is 11.1 Å². The van der Waals surface area contributed by atoms with Gasteiger partial charge in [0.25, 0.3) is 0 Å². The molecule has 0 aromatic heterocycles. The van der Waals surface area contributed by atoms with Gasteiger partial charge in [-0.05, 0) is 27.8 Å². The van der Waals surface area contributed by atoms with Gasteiger partial charge >= 0.3 is 6.11 Å². The molecule has 0 saturated carbocycles. The number of benzene rings is 2. The highest BCUT2D eigenvalue weighted by Crippen LogP contribution is 2.35. The first-order chi connectivity index (χ1) is 9.36. The molecule has 0 amide bonds. The average molecular weight is 286 g/mol. The van der Waals surface area contributed by atoms with E-state index in [1.165, 1.54) is 0 Å². The monoisotopic (exact) mass is 286 g/mol. The highest BCUT2D eigenvalue weighted by molar-refractivity contribution is 6.35. The van der Waals surface area contributed by atoms with Crippen molar-refractivity contribution < 1.29 is 27.0 Å². The SMILES string of the molecule is Bc1ccccc1-c1cc(F)c(C(F)(F)OF)c(F)c1. The number of alkyl halides is 2. The summed E-state index contributed by atoms with van der Waals surface area (Å²) in [5, 5.41) is 0. The maximum Gasteiger partial charge on any atom is 0.418 e. The van der Waals surface area contributed by atoms with Gasteiger partial charge in [-0.1, -0.05) is 29.7 Å². The Morgan fingerprint density at radius 2 is 1.55 bits per heavy atom. The summed E-state index contributed by atoms with van der Waals surface area (Å²) in [5.41, 5.74) is -0.470. The number of hydrogen-bond acceptors (Lipinski definition) is 1. The summed E-state index contributed by atoms with van der Waals surface area (Å²) in [6, 6.07) is 8.10. The van der Waals surface area contributed by atoms with E-state index >= 15 is 0 Å². The third-order valence-electron chi connectivity index (χ3n) is 2.89. The van der Waals surface area contributed by atoms with Crippen molar-refractivity contribution in [2.75, 3.05) is 0 Å². The Labute approximate surface area is 112 Å². The molecule has 0 aliphatic heterocycles. The van der Waals surface area contributed by atoms with Gasteiger partial charge < -0.3 is 0 Å². The Hall–Kier alpha value is -1.89. The van der Waals surface area contributed by atoms with Gasteiger partial charge in [0.1, 0.15) is 25.0 Å². The summed E-state index contributed by atoms with van der Waals surface area (Å²) >= 11 is 0. The molecular formula is C13H8BF5O. The molecule has 2 aromatic carbocycles. The average Bonchev–Trinajstić information content (AvgIpc) is 2.38. The Morgan fingerprint density at radius 3 is 2.05 bits per heavy atom. The Morgan fingerprint density at radius 1 is 1.00 bits per heavy atom. The second kappa shape index (κ2) is 5.24. The summed E-state index contributed by atoms with van der Waals surface area (Å²) < 4.78 is 64.9. The summed E-state index contributed by atoms with van der Waals surface area (Å²) in [5.74, 6) is -3.16. The Bertz CT molecular complexity index is 621. The quantitative estimate of drug-likeness (QED) is 0.622. The van der Waals surface area contributed by atoms with Gasteiger partial charge in [-0.15, -0.1) is 4.94 Å². The van der Waals surface area contributed by atoms with E-state index in [1.807, 2.05) is 0 Å². The summed E-state index contributed by atoms with van der Waals surface area (Å²) in [4.78, 5) is 2.34. The van der Waals surface area contributed by atoms with Gasteiger partial charge in [-0.25, -0.2) is 8.78 Å². The second-order valence-corrected chi connectivity index (χ2v) is 4.22. The van der Waals surface area contributed by atoms with Gasteiger partial charge in [0.15, 0.2) is 0 Å². The number of rotatable bonds is 3. The number of hydrogen-bond donors (Lipinski definition) is 0. The van der Waals surface area contributed by atoms with Crippen LogP contribution in [0.4, 0.5) is 22.1 Å². The molecule has 0 aliphatic carbocycles. The van der Waals surface area contributed by atoms with Gasteiger partial charge in [0, 0.05) is 0 Å². The zero-order valence-corrected chi connectivity index (χ0v) is 10.3. The van der Waals surface area contributed by atoms with Crippen molar-refractivity contribution in [1.82, 2.24) is 0 Å². The molecule has 7 heteroatoms. The smallest absolute Gasteiger partial charge is 0.206 e. The first-order valence-electron chi connectivity index (χ1n) is 5.60. The topological polar surface area (TPSA) is 9.23 Å². The molecule has 0 bridgehead atoms. The molecule has 0 unspecified atom stereocenters. The van der Waals surface area contributed by atoms with Gasteiger partial charge in [0.2, 0.25) is 0 Å². The lowest BCUT2D eigenvalue weighted by atomic mass is 9.87. The van der Waals surface area contributed by atoms with Crippen LogP contribution in [0.1, 0.15) is 5.56 Å². The predicted molar refractivity (Wildman–Crippen MR) is 66.1 cm³/mol. The normalized spacial score (nSPS) is 11.7. The third-order valence-corrected chi connectivity index (χ3v) is 2.89. The highest BCUT2D eigenvalue weighted by Gasteiger charge is 2.41. The molecule has 0 spiro atoms. The van der Waals surface area contributed by atoms with Crippen LogP contribution in [0, 0.1) is 11.6 Å². The molecule has 0 heterocycles. The lowest BCUT2D eigenvalue weighted by molar-refractivity contribution is -0.366. The van der Waals surface area contributed by atoms with Crippen LogP contribution in [0.25, 0.3) is 11.1 Å². The van der Waals surface area contributed by atoms with Crippen molar-refractivity contribution in [3.05, 3.63) is 53.6 Å². The maximum atomic E-state index is 13.6. The third kappa shape index (κ3) is 2.53. The van der Waals surface area contributed by atoms with E-state index in [-0.39, 0.29) is 5.56 Å². The van der Waals surface area contributed by atoms with Gasteiger partial charge in [-0.3, -0.25) is 0 Å². The van der Waals surface area contributed by atoms with Gasteiger partial charge in [-0.2, -0.15) is 8.78 Å². The minimum atomic E-state index is -4.67. The van der Waals surface area contributed by atoms with Crippen molar-refractivity contribution in [1.29, 1.82) is 0 Å². The maximum absolute atomic E-state index is 13.6. The minimum absolute atomic E-state index is 0.0801. The lowest BCUT2D eigenvalue weighted by Crippen LogP contribution is -2.18. The second-order valence-electron chi connectivity index (χ2n) is 4.22. The van der Waals surface area contributed by atoms with E-state index in [1.54, 1.807) is 32.1 Å². The molecule has 0 fully saturated rings. The van der Waals surface area contributed by atoms with E-state index < -0.39 is 23.3 Å². The van der Waals surface area contributed by atoms with Crippen molar-refractivity contribution in [3.63, 3.8) is 0 Å². The zero-order chi connectivity index (χ0) is 14.9. The van der Waals surface area contributed by atoms with E-state index in [0.717, 1.165) is 0 Å². The molecule has 20 heavy (non-hydrogen) atoms. The van der Waals surface area contributed by atoms with Crippen LogP contribution < -0.4 is 5.46 Å². The van der Waals surface area contributed by atoms with E-state index in [9.17, 15) is 22.1 Å². The van der Waals surface area contributed by atoms with Crippen LogP contribution in [0.5, 0.6) is 0 Å². The van der Waals surface area contributed by atoms with Crippen LogP contribution in [0.3, 0.4) is 0 Å². The van der Waals surface area contributed by atoms with E-state index in [2.05, 4.69) is 4.94 Å². The summed E-state index contributed by atoms with van der Waals surface area (Å²) in [6.07, 6.45) is -4.67. The molecule has 0 N–H and O–H groups in total. The van der Waals surface area contributed by atoms with Crippen molar-refractivity contribution in [3.8, 4) is 11.1 Å². The Kier molecular flexibility index (Phi) is 3.81. The van der Waals surface area contributed by atoms with E-state index in [4.69, 9.17) is 0 Å². The fraction of sp³-hybridized carbons (Fsp3) is 0.0769.